The Morgan fingerprint density at radius 1 is 1.29 bits per heavy atom. The predicted octanol–water partition coefficient (Wildman–Crippen LogP) is 0.864. The maximum absolute atomic E-state index is 11.7. The smallest absolute Gasteiger partial charge is 0.313 e. The van der Waals surface area contributed by atoms with Crippen LogP contribution in [0.25, 0.3) is 0 Å². The second-order valence-electron chi connectivity index (χ2n) is 4.80. The summed E-state index contributed by atoms with van der Waals surface area (Å²) in [5.41, 5.74) is -0.554. The second-order valence-corrected chi connectivity index (χ2v) is 5.66. The summed E-state index contributed by atoms with van der Waals surface area (Å²) in [6.07, 6.45) is 1.85. The third-order valence-electron chi connectivity index (χ3n) is 2.64. The van der Waals surface area contributed by atoms with Gasteiger partial charge in [0.05, 0.1) is 12.7 Å². The largest absolute Gasteiger partial charge is 0.497 e. The van der Waals surface area contributed by atoms with Crippen molar-refractivity contribution in [2.24, 2.45) is 0 Å². The van der Waals surface area contributed by atoms with Gasteiger partial charge < -0.3 is 20.5 Å². The molecular formula is C14H20N2O4S. The highest BCUT2D eigenvalue weighted by Crippen LogP contribution is 2.14. The summed E-state index contributed by atoms with van der Waals surface area (Å²) < 4.78 is 5.00. The highest BCUT2D eigenvalue weighted by molar-refractivity contribution is 7.98. The third-order valence-corrected chi connectivity index (χ3v) is 3.55. The van der Waals surface area contributed by atoms with E-state index in [0.717, 1.165) is 0 Å². The van der Waals surface area contributed by atoms with E-state index in [1.165, 1.54) is 11.8 Å². The molecule has 0 aliphatic heterocycles. The van der Waals surface area contributed by atoms with Crippen molar-refractivity contribution in [3.05, 3.63) is 24.3 Å². The van der Waals surface area contributed by atoms with E-state index in [4.69, 9.17) is 4.74 Å². The summed E-state index contributed by atoms with van der Waals surface area (Å²) in [4.78, 5) is 23.4. The lowest BCUT2D eigenvalue weighted by Gasteiger charge is -2.22. The standard InChI is InChI=1S/C14H20N2O4S/c1-14(19,9-21-3)8-15-12(17)13(18)16-10-4-6-11(20-2)7-5-10/h4-7,19H,8-9H2,1-3H3,(H,15,17)(H,16,18). The highest BCUT2D eigenvalue weighted by atomic mass is 32.2. The fourth-order valence-corrected chi connectivity index (χ4v) is 2.30. The average molecular weight is 312 g/mol. The zero-order valence-electron chi connectivity index (χ0n) is 12.3. The molecule has 7 heteroatoms. The van der Waals surface area contributed by atoms with Gasteiger partial charge in [-0.25, -0.2) is 0 Å². The van der Waals surface area contributed by atoms with Crippen LogP contribution in [-0.2, 0) is 9.59 Å². The van der Waals surface area contributed by atoms with Gasteiger partial charge in [-0.1, -0.05) is 0 Å². The molecule has 0 aliphatic rings. The minimum absolute atomic E-state index is 0.0166. The molecule has 0 bridgehead atoms. The normalized spacial score (nSPS) is 13.1. The van der Waals surface area contributed by atoms with Crippen molar-refractivity contribution in [2.75, 3.05) is 31.0 Å². The Morgan fingerprint density at radius 2 is 1.90 bits per heavy atom. The van der Waals surface area contributed by atoms with E-state index in [-0.39, 0.29) is 6.54 Å². The monoisotopic (exact) mass is 312 g/mol. The zero-order chi connectivity index (χ0) is 15.9. The number of carbonyl (C=O) groups excluding carboxylic acids is 2. The summed E-state index contributed by atoms with van der Waals surface area (Å²) >= 11 is 1.46. The number of carbonyl (C=O) groups is 2. The van der Waals surface area contributed by atoms with Gasteiger partial charge in [0.15, 0.2) is 0 Å². The fourth-order valence-electron chi connectivity index (χ4n) is 1.58. The molecule has 0 fully saturated rings. The number of amides is 2. The van der Waals surface area contributed by atoms with Gasteiger partial charge in [0.1, 0.15) is 5.75 Å². The molecule has 6 nitrogen and oxygen atoms in total. The van der Waals surface area contributed by atoms with Gasteiger partial charge in [0.2, 0.25) is 0 Å². The molecule has 116 valence electrons. The van der Waals surface area contributed by atoms with Crippen LogP contribution in [0.1, 0.15) is 6.92 Å². The molecule has 0 heterocycles. The second kappa shape index (κ2) is 7.90. The van der Waals surface area contributed by atoms with Gasteiger partial charge in [-0.3, -0.25) is 9.59 Å². The lowest BCUT2D eigenvalue weighted by atomic mass is 10.1. The number of hydrogen-bond donors (Lipinski definition) is 3. The highest BCUT2D eigenvalue weighted by Gasteiger charge is 2.22. The Balaban J connectivity index is 2.49. The maximum atomic E-state index is 11.7. The van der Waals surface area contributed by atoms with Crippen molar-refractivity contribution in [1.82, 2.24) is 5.32 Å². The number of ether oxygens (including phenoxy) is 1. The van der Waals surface area contributed by atoms with Crippen LogP contribution in [0.15, 0.2) is 24.3 Å². The minimum atomic E-state index is -1.05. The van der Waals surface area contributed by atoms with Crippen LogP contribution < -0.4 is 15.4 Å². The van der Waals surface area contributed by atoms with Crippen LogP contribution in [0, 0.1) is 0 Å². The summed E-state index contributed by atoms with van der Waals surface area (Å²) in [5, 5.41) is 14.8. The molecule has 0 spiro atoms. The van der Waals surface area contributed by atoms with Crippen molar-refractivity contribution < 1.29 is 19.4 Å². The molecule has 0 aliphatic carbocycles. The molecule has 1 unspecified atom stereocenters. The maximum Gasteiger partial charge on any atom is 0.313 e. The summed E-state index contributed by atoms with van der Waals surface area (Å²) in [6, 6.07) is 6.62. The number of benzene rings is 1. The number of rotatable bonds is 6. The molecule has 1 aromatic rings. The lowest BCUT2D eigenvalue weighted by Crippen LogP contribution is -2.45. The Morgan fingerprint density at radius 3 is 2.43 bits per heavy atom. The van der Waals surface area contributed by atoms with Gasteiger partial charge in [-0.15, -0.1) is 0 Å². The van der Waals surface area contributed by atoms with Crippen molar-refractivity contribution in [3.8, 4) is 5.75 Å². The van der Waals surface area contributed by atoms with Crippen LogP contribution in [0.3, 0.4) is 0 Å². The number of aliphatic hydroxyl groups is 1. The number of hydrogen-bond acceptors (Lipinski definition) is 5. The average Bonchev–Trinajstić information content (AvgIpc) is 2.45. The molecule has 1 rings (SSSR count). The molecule has 0 saturated carbocycles. The molecule has 3 N–H and O–H groups in total. The van der Waals surface area contributed by atoms with E-state index in [0.29, 0.717) is 17.2 Å². The lowest BCUT2D eigenvalue weighted by molar-refractivity contribution is -0.136. The SMILES string of the molecule is COc1ccc(NC(=O)C(=O)NCC(C)(O)CSC)cc1. The predicted molar refractivity (Wildman–Crippen MR) is 83.6 cm³/mol. The van der Waals surface area contributed by atoms with Gasteiger partial charge >= 0.3 is 11.8 Å². The molecular weight excluding hydrogens is 292 g/mol. The van der Waals surface area contributed by atoms with Gasteiger partial charge in [0, 0.05) is 18.0 Å². The van der Waals surface area contributed by atoms with Gasteiger partial charge in [0.25, 0.3) is 0 Å². The van der Waals surface area contributed by atoms with E-state index in [2.05, 4.69) is 10.6 Å². The zero-order valence-corrected chi connectivity index (χ0v) is 13.1. The van der Waals surface area contributed by atoms with Crippen LogP contribution in [-0.4, -0.2) is 48.2 Å². The van der Waals surface area contributed by atoms with E-state index in [1.807, 2.05) is 6.26 Å². The third kappa shape index (κ3) is 6.05. The molecule has 21 heavy (non-hydrogen) atoms. The van der Waals surface area contributed by atoms with Crippen LogP contribution >= 0.6 is 11.8 Å². The van der Waals surface area contributed by atoms with E-state index in [9.17, 15) is 14.7 Å². The number of nitrogens with one attached hydrogen (secondary N) is 2. The summed E-state index contributed by atoms with van der Waals surface area (Å²) in [6.45, 7) is 1.62. The molecule has 0 saturated heterocycles. The van der Waals surface area contributed by atoms with Crippen molar-refractivity contribution in [2.45, 2.75) is 12.5 Å². The first kappa shape index (κ1) is 17.3. The van der Waals surface area contributed by atoms with Crippen LogP contribution in [0.4, 0.5) is 5.69 Å². The van der Waals surface area contributed by atoms with E-state index < -0.39 is 17.4 Å². The van der Waals surface area contributed by atoms with Crippen molar-refractivity contribution >= 4 is 29.3 Å². The first-order chi connectivity index (χ1) is 9.88. The Hall–Kier alpha value is -1.73. The van der Waals surface area contributed by atoms with Gasteiger partial charge in [-0.2, -0.15) is 11.8 Å². The minimum Gasteiger partial charge on any atom is -0.497 e. The number of anilines is 1. The topological polar surface area (TPSA) is 87.7 Å². The molecule has 1 atom stereocenters. The molecule has 1 aromatic carbocycles. The first-order valence-electron chi connectivity index (χ1n) is 6.32. The number of thioether (sulfide) groups is 1. The molecule has 0 radical (unpaired) electrons. The van der Waals surface area contributed by atoms with E-state index >= 15 is 0 Å². The summed E-state index contributed by atoms with van der Waals surface area (Å²) in [5.74, 6) is -0.439. The van der Waals surface area contributed by atoms with E-state index in [1.54, 1.807) is 38.3 Å². The summed E-state index contributed by atoms with van der Waals surface area (Å²) in [7, 11) is 1.54. The van der Waals surface area contributed by atoms with Crippen LogP contribution in [0.5, 0.6) is 5.75 Å². The first-order valence-corrected chi connectivity index (χ1v) is 7.72. The Bertz CT molecular complexity index is 488. The van der Waals surface area contributed by atoms with Crippen molar-refractivity contribution in [1.29, 1.82) is 0 Å². The Kier molecular flexibility index (Phi) is 6.51. The quantitative estimate of drug-likeness (QED) is 0.678. The molecule has 0 aromatic heterocycles. The number of methoxy groups -OCH3 is 1. The molecule has 2 amide bonds. The van der Waals surface area contributed by atoms with Crippen LogP contribution in [0.2, 0.25) is 0 Å². The van der Waals surface area contributed by atoms with Crippen molar-refractivity contribution in [3.63, 3.8) is 0 Å². The fraction of sp³-hybridized carbons (Fsp3) is 0.429. The Labute approximate surface area is 128 Å². The van der Waals surface area contributed by atoms with Gasteiger partial charge in [-0.05, 0) is 37.4 Å².